The monoisotopic (exact) mass is 672 g/mol. The van der Waals surface area contributed by atoms with Crippen LogP contribution in [-0.2, 0) is 20.8 Å². The molecule has 1 heterocycles. The number of ether oxygens (including phenoxy) is 3. The van der Waals surface area contributed by atoms with Gasteiger partial charge in [-0.1, -0.05) is 19.1 Å². The Morgan fingerprint density at radius 2 is 1.74 bits per heavy atom. The number of aliphatic hydroxyl groups is 1. The lowest BCUT2D eigenvalue weighted by Gasteiger charge is -2.27. The summed E-state index contributed by atoms with van der Waals surface area (Å²) in [6.45, 7) is -2.18. The summed E-state index contributed by atoms with van der Waals surface area (Å²) < 4.78 is 105. The summed E-state index contributed by atoms with van der Waals surface area (Å²) in [6, 6.07) is 13.1. The smallest absolute Gasteiger partial charge is 0.416 e. The molecular weight excluding hydrogens is 639 g/mol. The van der Waals surface area contributed by atoms with Gasteiger partial charge in [0.25, 0.3) is 5.91 Å². The Morgan fingerprint density at radius 1 is 1.07 bits per heavy atom. The first-order valence-electron chi connectivity index (χ1n) is 14.2. The van der Waals surface area contributed by atoms with E-state index in [1.165, 1.54) is 62.6 Å². The van der Waals surface area contributed by atoms with Gasteiger partial charge in [0.05, 0.1) is 60.7 Å². The largest absolute Gasteiger partial charge is 0.496 e. The van der Waals surface area contributed by atoms with Crippen molar-refractivity contribution in [3.8, 4) is 11.5 Å². The molecule has 0 spiro atoms. The Morgan fingerprint density at radius 3 is 2.30 bits per heavy atom. The van der Waals surface area contributed by atoms with E-state index in [-0.39, 0.29) is 47.3 Å². The molecule has 0 aromatic heterocycles. The number of sulfone groups is 1. The van der Waals surface area contributed by atoms with Crippen molar-refractivity contribution in [1.82, 2.24) is 5.32 Å². The number of nitrogens with zero attached hydrogens (tertiary/aromatic N) is 1. The lowest BCUT2D eigenvalue weighted by Crippen LogP contribution is -2.34. The first-order chi connectivity index (χ1) is 21.7. The molecule has 3 atom stereocenters. The average Bonchev–Trinajstić information content (AvgIpc) is 3.44. The molecule has 0 aliphatic carbocycles. The minimum Gasteiger partial charge on any atom is -0.496 e. The van der Waals surface area contributed by atoms with E-state index in [9.17, 15) is 40.3 Å². The Labute approximate surface area is 262 Å². The molecule has 15 heteroatoms. The van der Waals surface area contributed by atoms with Crippen molar-refractivity contribution in [2.24, 2.45) is 0 Å². The first kappa shape index (κ1) is 34.9. The van der Waals surface area contributed by atoms with E-state index in [0.29, 0.717) is 11.3 Å². The fourth-order valence-electron chi connectivity index (χ4n) is 5.12. The second kappa shape index (κ2) is 14.6. The number of benzene rings is 3. The number of hydrogen-bond acceptors (Lipinski definition) is 8. The number of rotatable bonds is 13. The maximum absolute atomic E-state index is 13.2. The summed E-state index contributed by atoms with van der Waals surface area (Å²) in [7, 11) is -2.09. The molecule has 9 nitrogen and oxygen atoms in total. The number of hydrogen-bond donors (Lipinski definition) is 2. The predicted molar refractivity (Wildman–Crippen MR) is 158 cm³/mol. The van der Waals surface area contributed by atoms with Crippen LogP contribution in [0.5, 0.6) is 11.5 Å². The van der Waals surface area contributed by atoms with Crippen LogP contribution in [0.4, 0.5) is 27.6 Å². The fraction of sp³-hybridized carbons (Fsp3) is 0.387. The van der Waals surface area contributed by atoms with E-state index in [2.05, 4.69) is 10.1 Å². The summed E-state index contributed by atoms with van der Waals surface area (Å²) in [5.74, 6) is -0.364. The van der Waals surface area contributed by atoms with E-state index in [0.717, 1.165) is 12.1 Å². The van der Waals surface area contributed by atoms with E-state index in [1.54, 1.807) is 11.0 Å². The van der Waals surface area contributed by atoms with Crippen molar-refractivity contribution >= 4 is 21.4 Å². The zero-order chi connectivity index (χ0) is 33.6. The van der Waals surface area contributed by atoms with E-state index in [1.807, 2.05) is 0 Å². The molecule has 1 fully saturated rings. The Hall–Kier alpha value is -3.95. The zero-order valence-corrected chi connectivity index (χ0v) is 25.7. The number of alkyl halides is 5. The molecule has 0 saturated carbocycles. The van der Waals surface area contributed by atoms with Gasteiger partial charge in [-0.25, -0.2) is 8.42 Å². The number of carbonyl (C=O) groups is 1. The van der Waals surface area contributed by atoms with Crippen LogP contribution in [0.1, 0.15) is 40.9 Å². The van der Waals surface area contributed by atoms with Gasteiger partial charge in [-0.05, 0) is 54.1 Å². The number of aliphatic hydroxyl groups excluding tert-OH is 1. The third-order valence-corrected chi connectivity index (χ3v) is 9.30. The summed E-state index contributed by atoms with van der Waals surface area (Å²) in [5.41, 5.74) is 0.228. The van der Waals surface area contributed by atoms with Crippen LogP contribution in [0.25, 0.3) is 0 Å². The van der Waals surface area contributed by atoms with E-state index in [4.69, 9.17) is 9.47 Å². The number of amides is 1. The standard InChI is InChI=1S/C31H33F5N2O7S/c1-3-46(41,42)25-11-4-19(5-12-25)27(17-39)37-29(40)26-13-8-21(15-28(26)43-2)38-16-24(14-22(38)18-44-30(32)33)45-23-9-6-20(7-10-23)31(34,35)36/h4-13,15,22,24,27,30,39H,3,14,16-18H2,1-2H3,(H,37,40)/t22-,24?,27-/m0/s1. The van der Waals surface area contributed by atoms with E-state index < -0.39 is 58.9 Å². The van der Waals surface area contributed by atoms with Crippen LogP contribution in [0.15, 0.2) is 71.6 Å². The summed E-state index contributed by atoms with van der Waals surface area (Å²) in [6.07, 6.45) is -4.87. The minimum atomic E-state index is -4.51. The van der Waals surface area contributed by atoms with Crippen LogP contribution >= 0.6 is 0 Å². The topological polar surface area (TPSA) is 114 Å². The minimum absolute atomic E-state index is 0.0768. The van der Waals surface area contributed by atoms with Crippen LogP contribution in [0, 0.1) is 0 Å². The molecule has 1 unspecified atom stereocenters. The Kier molecular flexibility index (Phi) is 11.1. The van der Waals surface area contributed by atoms with Crippen LogP contribution in [0.3, 0.4) is 0 Å². The lowest BCUT2D eigenvalue weighted by molar-refractivity contribution is -0.137. The summed E-state index contributed by atoms with van der Waals surface area (Å²) >= 11 is 0. The number of methoxy groups -OCH3 is 1. The maximum Gasteiger partial charge on any atom is 0.416 e. The Bertz CT molecular complexity index is 1590. The second-order valence-corrected chi connectivity index (χ2v) is 12.7. The SMILES string of the molecule is CCS(=O)(=O)c1ccc([C@H](CO)NC(=O)c2ccc(N3CC(Oc4ccc(C(F)(F)F)cc4)C[C@H]3COC(F)F)cc2OC)cc1. The molecule has 3 aromatic rings. The third-order valence-electron chi connectivity index (χ3n) is 7.55. The number of anilines is 1. The quantitative estimate of drug-likeness (QED) is 0.237. The van der Waals surface area contributed by atoms with Gasteiger partial charge in [-0.3, -0.25) is 4.79 Å². The van der Waals surface area contributed by atoms with Crippen LogP contribution in [-0.4, -0.2) is 70.8 Å². The molecule has 4 rings (SSSR count). The van der Waals surface area contributed by atoms with Crippen LogP contribution in [0.2, 0.25) is 0 Å². The van der Waals surface area contributed by atoms with Crippen molar-refractivity contribution in [2.75, 3.05) is 37.5 Å². The summed E-state index contributed by atoms with van der Waals surface area (Å²) in [4.78, 5) is 15.1. The first-order valence-corrected chi connectivity index (χ1v) is 15.8. The van der Waals surface area contributed by atoms with Crippen molar-refractivity contribution in [3.63, 3.8) is 0 Å². The van der Waals surface area contributed by atoms with Crippen LogP contribution < -0.4 is 19.7 Å². The highest BCUT2D eigenvalue weighted by atomic mass is 32.2. The van der Waals surface area contributed by atoms with Gasteiger partial charge in [-0.15, -0.1) is 0 Å². The van der Waals surface area contributed by atoms with Crippen molar-refractivity contribution in [3.05, 3.63) is 83.4 Å². The van der Waals surface area contributed by atoms with Crippen molar-refractivity contribution < 1.29 is 54.5 Å². The molecule has 1 amide bonds. The van der Waals surface area contributed by atoms with Gasteiger partial charge >= 0.3 is 12.8 Å². The predicted octanol–water partition coefficient (Wildman–Crippen LogP) is 5.24. The fourth-order valence-corrected chi connectivity index (χ4v) is 6.01. The highest BCUT2D eigenvalue weighted by Crippen LogP contribution is 2.34. The molecule has 1 aliphatic rings. The maximum atomic E-state index is 13.2. The summed E-state index contributed by atoms with van der Waals surface area (Å²) in [5, 5.41) is 12.7. The highest BCUT2D eigenvalue weighted by molar-refractivity contribution is 7.91. The lowest BCUT2D eigenvalue weighted by atomic mass is 10.1. The van der Waals surface area contributed by atoms with Crippen molar-refractivity contribution in [2.45, 2.75) is 49.2 Å². The van der Waals surface area contributed by atoms with Gasteiger partial charge in [0.15, 0.2) is 9.84 Å². The van der Waals surface area contributed by atoms with Gasteiger partial charge in [0.2, 0.25) is 0 Å². The number of halogens is 5. The molecule has 0 bridgehead atoms. The van der Waals surface area contributed by atoms with Gasteiger partial charge in [0, 0.05) is 18.2 Å². The zero-order valence-electron chi connectivity index (χ0n) is 24.8. The molecule has 250 valence electrons. The number of nitrogens with one attached hydrogen (secondary N) is 1. The third kappa shape index (κ3) is 8.44. The highest BCUT2D eigenvalue weighted by Gasteiger charge is 2.36. The molecule has 2 N–H and O–H groups in total. The average molecular weight is 673 g/mol. The molecule has 1 saturated heterocycles. The number of carbonyl (C=O) groups excluding carboxylic acids is 1. The molecular formula is C31H33F5N2O7S. The molecule has 46 heavy (non-hydrogen) atoms. The normalized spacial score (nSPS) is 17.6. The Balaban J connectivity index is 1.51. The molecule has 1 aliphatic heterocycles. The van der Waals surface area contributed by atoms with E-state index >= 15 is 0 Å². The molecule has 0 radical (unpaired) electrons. The van der Waals surface area contributed by atoms with Gasteiger partial charge in [0.1, 0.15) is 17.6 Å². The second-order valence-electron chi connectivity index (χ2n) is 10.5. The van der Waals surface area contributed by atoms with Crippen molar-refractivity contribution in [1.29, 1.82) is 0 Å². The van der Waals surface area contributed by atoms with Gasteiger partial charge < -0.3 is 29.5 Å². The molecule has 3 aromatic carbocycles. The van der Waals surface area contributed by atoms with Gasteiger partial charge in [-0.2, -0.15) is 22.0 Å².